The van der Waals surface area contributed by atoms with Crippen LogP contribution >= 0.6 is 0 Å². The number of benzene rings is 2. The van der Waals surface area contributed by atoms with Gasteiger partial charge in [0.05, 0.1) is 11.4 Å². The molecular formula is C24H25N5O3. The van der Waals surface area contributed by atoms with Gasteiger partial charge in [-0.25, -0.2) is 0 Å². The Morgan fingerprint density at radius 3 is 2.59 bits per heavy atom. The van der Waals surface area contributed by atoms with Gasteiger partial charge in [0.25, 0.3) is 11.8 Å². The molecule has 3 aromatic rings. The van der Waals surface area contributed by atoms with Crippen LogP contribution in [0.15, 0.2) is 60.7 Å². The number of amides is 3. The van der Waals surface area contributed by atoms with Crippen LogP contribution < -0.4 is 16.0 Å². The average Bonchev–Trinajstić information content (AvgIpc) is 3.14. The van der Waals surface area contributed by atoms with Gasteiger partial charge in [-0.2, -0.15) is 0 Å². The molecule has 0 saturated heterocycles. The van der Waals surface area contributed by atoms with E-state index < -0.39 is 0 Å². The molecule has 8 nitrogen and oxygen atoms in total. The van der Waals surface area contributed by atoms with E-state index in [0.29, 0.717) is 42.3 Å². The minimum Gasteiger partial charge on any atom is -0.349 e. The first-order chi connectivity index (χ1) is 15.4. The van der Waals surface area contributed by atoms with Crippen molar-refractivity contribution in [1.82, 2.24) is 14.8 Å². The molecule has 0 saturated carbocycles. The molecule has 4 rings (SSSR count). The summed E-state index contributed by atoms with van der Waals surface area (Å²) < 4.78 is 1.93. The summed E-state index contributed by atoms with van der Waals surface area (Å²) in [6, 6.07) is 14.2. The Hall–Kier alpha value is -3.91. The van der Waals surface area contributed by atoms with Crippen molar-refractivity contribution >= 4 is 40.0 Å². The summed E-state index contributed by atoms with van der Waals surface area (Å²) in [5, 5.41) is 9.42. The molecule has 2 heterocycles. The molecule has 1 aromatic heterocycles. The van der Waals surface area contributed by atoms with Gasteiger partial charge < -0.3 is 25.4 Å². The van der Waals surface area contributed by atoms with E-state index >= 15 is 0 Å². The second-order valence-electron chi connectivity index (χ2n) is 7.86. The molecule has 2 aromatic carbocycles. The SMILES string of the molecule is CN(C)C/C=C/C(=O)Nc1ccccc1NC(=O)c1ccc2cc3n(c2c1)CCNC3=O. The van der Waals surface area contributed by atoms with Crippen LogP contribution in [0.3, 0.4) is 0 Å². The lowest BCUT2D eigenvalue weighted by molar-refractivity contribution is -0.111. The number of carbonyl (C=O) groups is 3. The zero-order valence-electron chi connectivity index (χ0n) is 18.0. The van der Waals surface area contributed by atoms with Crippen molar-refractivity contribution in [3.63, 3.8) is 0 Å². The minimum absolute atomic E-state index is 0.109. The summed E-state index contributed by atoms with van der Waals surface area (Å²) >= 11 is 0. The highest BCUT2D eigenvalue weighted by Gasteiger charge is 2.20. The normalized spacial score (nSPS) is 13.3. The number of hydrogen-bond acceptors (Lipinski definition) is 4. The molecular weight excluding hydrogens is 406 g/mol. The van der Waals surface area contributed by atoms with Gasteiger partial charge in [0.1, 0.15) is 5.69 Å². The maximum atomic E-state index is 13.0. The summed E-state index contributed by atoms with van der Waals surface area (Å²) in [5.74, 6) is -0.677. The molecule has 32 heavy (non-hydrogen) atoms. The topological polar surface area (TPSA) is 95.5 Å². The number of rotatable bonds is 6. The van der Waals surface area contributed by atoms with E-state index in [2.05, 4.69) is 16.0 Å². The molecule has 8 heteroatoms. The predicted molar refractivity (Wildman–Crippen MR) is 125 cm³/mol. The monoisotopic (exact) mass is 431 g/mol. The van der Waals surface area contributed by atoms with Crippen LogP contribution in [0, 0.1) is 0 Å². The molecule has 0 aliphatic carbocycles. The lowest BCUT2D eigenvalue weighted by atomic mass is 10.1. The fourth-order valence-corrected chi connectivity index (χ4v) is 3.64. The van der Waals surface area contributed by atoms with Gasteiger partial charge in [0, 0.05) is 42.2 Å². The second kappa shape index (κ2) is 9.07. The molecule has 0 fully saturated rings. The summed E-state index contributed by atoms with van der Waals surface area (Å²) in [4.78, 5) is 39.2. The summed E-state index contributed by atoms with van der Waals surface area (Å²) in [6.07, 6.45) is 3.24. The molecule has 0 radical (unpaired) electrons. The van der Waals surface area contributed by atoms with Crippen LogP contribution in [0.25, 0.3) is 10.9 Å². The number of carbonyl (C=O) groups excluding carboxylic acids is 3. The van der Waals surface area contributed by atoms with Crippen molar-refractivity contribution in [3.05, 3.63) is 71.9 Å². The maximum Gasteiger partial charge on any atom is 0.268 e. The molecule has 1 aliphatic rings. The molecule has 0 unspecified atom stereocenters. The van der Waals surface area contributed by atoms with Crippen molar-refractivity contribution in [2.45, 2.75) is 6.54 Å². The van der Waals surface area contributed by atoms with Crippen molar-refractivity contribution in [2.75, 3.05) is 37.8 Å². The van der Waals surface area contributed by atoms with E-state index in [-0.39, 0.29) is 17.7 Å². The Morgan fingerprint density at radius 1 is 1.09 bits per heavy atom. The molecule has 3 amide bonds. The molecule has 3 N–H and O–H groups in total. The number of aromatic nitrogens is 1. The lowest BCUT2D eigenvalue weighted by Gasteiger charge is -2.16. The van der Waals surface area contributed by atoms with Crippen LogP contribution in [0.1, 0.15) is 20.8 Å². The van der Waals surface area contributed by atoms with E-state index in [0.717, 1.165) is 10.9 Å². The number of nitrogens with one attached hydrogen (secondary N) is 3. The summed E-state index contributed by atoms with van der Waals surface area (Å²) in [6.45, 7) is 1.87. The highest BCUT2D eigenvalue weighted by atomic mass is 16.2. The Bertz CT molecular complexity index is 1230. The second-order valence-corrected chi connectivity index (χ2v) is 7.86. The van der Waals surface area contributed by atoms with Crippen molar-refractivity contribution < 1.29 is 14.4 Å². The summed E-state index contributed by atoms with van der Waals surface area (Å²) in [5.41, 5.74) is 2.92. The van der Waals surface area contributed by atoms with E-state index in [1.807, 2.05) is 35.7 Å². The third-order valence-electron chi connectivity index (χ3n) is 5.19. The fourth-order valence-electron chi connectivity index (χ4n) is 3.64. The average molecular weight is 431 g/mol. The smallest absolute Gasteiger partial charge is 0.268 e. The number of para-hydroxylation sites is 2. The molecule has 0 spiro atoms. The van der Waals surface area contributed by atoms with Gasteiger partial charge in [-0.3, -0.25) is 14.4 Å². The largest absolute Gasteiger partial charge is 0.349 e. The molecule has 1 aliphatic heterocycles. The van der Waals surface area contributed by atoms with Crippen LogP contribution in [0.2, 0.25) is 0 Å². The number of anilines is 2. The van der Waals surface area contributed by atoms with E-state index in [9.17, 15) is 14.4 Å². The van der Waals surface area contributed by atoms with Gasteiger partial charge in [-0.15, -0.1) is 0 Å². The van der Waals surface area contributed by atoms with Crippen LogP contribution in [-0.4, -0.2) is 54.4 Å². The van der Waals surface area contributed by atoms with E-state index in [1.165, 1.54) is 6.08 Å². The standard InChI is InChI=1S/C24H25N5O3/c1-28(2)12-5-8-22(30)26-18-6-3-4-7-19(18)27-23(31)17-10-9-16-14-21-24(32)25-11-13-29(21)20(16)15-17/h3-10,14-15H,11-13H2,1-2H3,(H,25,32)(H,26,30)(H,27,31)/b8-5+. The van der Waals surface area contributed by atoms with E-state index in [1.54, 1.807) is 42.5 Å². The van der Waals surface area contributed by atoms with E-state index in [4.69, 9.17) is 0 Å². The quantitative estimate of drug-likeness (QED) is 0.523. The maximum absolute atomic E-state index is 13.0. The van der Waals surface area contributed by atoms with Crippen molar-refractivity contribution in [1.29, 1.82) is 0 Å². The molecule has 0 bridgehead atoms. The Balaban J connectivity index is 1.53. The Labute approximate surface area is 185 Å². The van der Waals surface area contributed by atoms with Gasteiger partial charge >= 0.3 is 0 Å². The molecule has 164 valence electrons. The van der Waals surface area contributed by atoms with Gasteiger partial charge in [0.2, 0.25) is 5.91 Å². The summed E-state index contributed by atoms with van der Waals surface area (Å²) in [7, 11) is 3.84. The zero-order chi connectivity index (χ0) is 22.7. The van der Waals surface area contributed by atoms with Crippen molar-refractivity contribution in [3.8, 4) is 0 Å². The third-order valence-corrected chi connectivity index (χ3v) is 5.19. The fraction of sp³-hybridized carbons (Fsp3) is 0.208. The highest BCUT2D eigenvalue weighted by Crippen LogP contribution is 2.25. The van der Waals surface area contributed by atoms with Crippen LogP contribution in [0.5, 0.6) is 0 Å². The Morgan fingerprint density at radius 2 is 1.84 bits per heavy atom. The molecule has 0 atom stereocenters. The van der Waals surface area contributed by atoms with Gasteiger partial charge in [-0.05, 0) is 44.4 Å². The van der Waals surface area contributed by atoms with Crippen LogP contribution in [-0.2, 0) is 11.3 Å². The van der Waals surface area contributed by atoms with Gasteiger partial charge in [0.15, 0.2) is 0 Å². The number of hydrogen-bond donors (Lipinski definition) is 3. The number of likely N-dealkylation sites (N-methyl/N-ethyl adjacent to an activating group) is 1. The minimum atomic E-state index is -0.299. The Kier molecular flexibility index (Phi) is 6.04. The zero-order valence-corrected chi connectivity index (χ0v) is 18.0. The highest BCUT2D eigenvalue weighted by molar-refractivity contribution is 6.10. The van der Waals surface area contributed by atoms with Crippen molar-refractivity contribution in [2.24, 2.45) is 0 Å². The van der Waals surface area contributed by atoms with Gasteiger partial charge in [-0.1, -0.05) is 24.3 Å². The lowest BCUT2D eigenvalue weighted by Crippen LogP contribution is -2.34. The van der Waals surface area contributed by atoms with Crippen LogP contribution in [0.4, 0.5) is 11.4 Å². The third kappa shape index (κ3) is 4.55. The number of nitrogens with zero attached hydrogens (tertiary/aromatic N) is 2. The first-order valence-corrected chi connectivity index (χ1v) is 10.4. The predicted octanol–water partition coefficient (Wildman–Crippen LogP) is 2.69. The first-order valence-electron chi connectivity index (χ1n) is 10.4. The first kappa shape index (κ1) is 21.3. The number of fused-ring (bicyclic) bond motifs is 3.